The number of esters is 1. The summed E-state index contributed by atoms with van der Waals surface area (Å²) in [7, 11) is 0. The van der Waals surface area contributed by atoms with Crippen molar-refractivity contribution in [1.29, 1.82) is 0 Å². The predicted molar refractivity (Wildman–Crippen MR) is 55.4 cm³/mol. The number of carbonyl (C=O) groups excluding carboxylic acids is 1. The minimum atomic E-state index is -0.971. The van der Waals surface area contributed by atoms with Gasteiger partial charge in [-0.1, -0.05) is 11.8 Å². The quantitative estimate of drug-likeness (QED) is 0.619. The number of thioether (sulfide) groups is 1. The number of carboxylic acids is 1. The van der Waals surface area contributed by atoms with Gasteiger partial charge in [-0.2, -0.15) is 4.98 Å². The maximum Gasteiger partial charge on any atom is 0.360 e. The van der Waals surface area contributed by atoms with Crippen molar-refractivity contribution >= 4 is 23.7 Å². The summed E-state index contributed by atoms with van der Waals surface area (Å²) in [6, 6.07) is 0. The number of oxazole rings is 1. The first kappa shape index (κ1) is 12.6. The molecule has 16 heavy (non-hydrogen) atoms. The third kappa shape index (κ3) is 3.27. The van der Waals surface area contributed by atoms with E-state index in [2.05, 4.69) is 4.98 Å². The van der Waals surface area contributed by atoms with Gasteiger partial charge in [-0.05, 0) is 13.8 Å². The van der Waals surface area contributed by atoms with Gasteiger partial charge in [-0.3, -0.25) is 4.79 Å². The van der Waals surface area contributed by atoms with Gasteiger partial charge in [0.15, 0.2) is 5.69 Å². The van der Waals surface area contributed by atoms with Crippen LogP contribution in [-0.2, 0) is 9.53 Å². The molecular weight excluding hydrogens is 234 g/mol. The van der Waals surface area contributed by atoms with Crippen molar-refractivity contribution in [3.05, 3.63) is 12.0 Å². The van der Waals surface area contributed by atoms with Gasteiger partial charge >= 0.3 is 11.9 Å². The Labute approximate surface area is 96.0 Å². The highest BCUT2D eigenvalue weighted by Gasteiger charge is 2.18. The summed E-state index contributed by atoms with van der Waals surface area (Å²) in [6.45, 7) is 3.43. The molecular formula is C9H11NO5S. The zero-order chi connectivity index (χ0) is 12.1. The Hall–Kier alpha value is -1.50. The number of rotatable bonds is 5. The summed E-state index contributed by atoms with van der Waals surface area (Å²) < 4.78 is 9.65. The molecule has 7 heteroatoms. The molecule has 1 heterocycles. The zero-order valence-electron chi connectivity index (χ0n) is 8.80. The Morgan fingerprint density at radius 1 is 1.69 bits per heavy atom. The summed E-state index contributed by atoms with van der Waals surface area (Å²) in [4.78, 5) is 25.6. The molecule has 0 aromatic carbocycles. The number of hydrogen-bond donors (Lipinski definition) is 1. The molecule has 1 atom stereocenters. The second kappa shape index (κ2) is 5.55. The van der Waals surface area contributed by atoms with Crippen LogP contribution in [0, 0.1) is 0 Å². The van der Waals surface area contributed by atoms with Crippen molar-refractivity contribution in [2.75, 3.05) is 6.61 Å². The largest absolute Gasteiger partial charge is 0.480 e. The molecule has 0 fully saturated rings. The fraction of sp³-hybridized carbons (Fsp3) is 0.444. The van der Waals surface area contributed by atoms with E-state index < -0.39 is 17.2 Å². The summed E-state index contributed by atoms with van der Waals surface area (Å²) in [6.07, 6.45) is 1.15. The molecule has 0 bridgehead atoms. The molecule has 0 saturated carbocycles. The van der Waals surface area contributed by atoms with E-state index in [9.17, 15) is 9.59 Å². The Balaban J connectivity index is 2.64. The molecule has 0 aliphatic carbocycles. The summed E-state index contributed by atoms with van der Waals surface area (Å²) in [5.41, 5.74) is 0.0435. The van der Waals surface area contributed by atoms with E-state index in [1.165, 1.54) is 6.92 Å². The normalized spacial score (nSPS) is 12.1. The van der Waals surface area contributed by atoms with Gasteiger partial charge in [0.25, 0.3) is 5.22 Å². The van der Waals surface area contributed by atoms with E-state index in [0.29, 0.717) is 0 Å². The van der Waals surface area contributed by atoms with Crippen LogP contribution in [0.5, 0.6) is 0 Å². The molecule has 6 nitrogen and oxygen atoms in total. The second-order valence-corrected chi connectivity index (χ2v) is 4.11. The van der Waals surface area contributed by atoms with Crippen molar-refractivity contribution in [2.45, 2.75) is 24.3 Å². The van der Waals surface area contributed by atoms with E-state index in [4.69, 9.17) is 14.3 Å². The fourth-order valence-electron chi connectivity index (χ4n) is 0.812. The molecule has 1 aromatic heterocycles. The molecule has 1 aromatic rings. The highest BCUT2D eigenvalue weighted by Crippen LogP contribution is 2.22. The van der Waals surface area contributed by atoms with Crippen LogP contribution in [0.25, 0.3) is 0 Å². The summed E-state index contributed by atoms with van der Waals surface area (Å²) in [5.74, 6) is -1.55. The average Bonchev–Trinajstić information content (AvgIpc) is 2.66. The molecule has 0 aliphatic rings. The van der Waals surface area contributed by atoms with E-state index in [0.717, 1.165) is 18.0 Å². The van der Waals surface area contributed by atoms with Crippen LogP contribution in [-0.4, -0.2) is 33.9 Å². The van der Waals surface area contributed by atoms with Crippen molar-refractivity contribution in [3.63, 3.8) is 0 Å². The van der Waals surface area contributed by atoms with E-state index in [-0.39, 0.29) is 17.5 Å². The number of nitrogens with zero attached hydrogens (tertiary/aromatic N) is 1. The SMILES string of the molecule is CCOC(=O)c1coc(SC(C)C(=O)O)n1. The monoisotopic (exact) mass is 245 g/mol. The number of carbonyl (C=O) groups is 2. The Morgan fingerprint density at radius 3 is 2.94 bits per heavy atom. The molecule has 0 spiro atoms. The number of aromatic nitrogens is 1. The smallest absolute Gasteiger partial charge is 0.360 e. The molecule has 0 saturated heterocycles. The average molecular weight is 245 g/mol. The molecule has 0 aliphatic heterocycles. The van der Waals surface area contributed by atoms with E-state index >= 15 is 0 Å². The third-order valence-electron chi connectivity index (χ3n) is 1.59. The van der Waals surface area contributed by atoms with Gasteiger partial charge in [0.2, 0.25) is 0 Å². The third-order valence-corrected chi connectivity index (χ3v) is 2.54. The summed E-state index contributed by atoms with van der Waals surface area (Å²) in [5, 5.41) is 8.11. The van der Waals surface area contributed by atoms with Gasteiger partial charge < -0.3 is 14.3 Å². The Kier molecular flexibility index (Phi) is 4.36. The molecule has 1 rings (SSSR count). The van der Waals surface area contributed by atoms with Crippen molar-refractivity contribution in [3.8, 4) is 0 Å². The number of carboxylic acid groups (broad SMARTS) is 1. The lowest BCUT2D eigenvalue weighted by molar-refractivity contribution is -0.136. The molecule has 88 valence electrons. The van der Waals surface area contributed by atoms with Gasteiger partial charge in [0.05, 0.1) is 6.61 Å². The highest BCUT2D eigenvalue weighted by atomic mass is 32.2. The molecule has 1 N–H and O–H groups in total. The lowest BCUT2D eigenvalue weighted by Crippen LogP contribution is -2.11. The van der Waals surface area contributed by atoms with Crippen LogP contribution >= 0.6 is 11.8 Å². The maximum absolute atomic E-state index is 11.2. The van der Waals surface area contributed by atoms with E-state index in [1.807, 2.05) is 0 Å². The van der Waals surface area contributed by atoms with Gasteiger partial charge in [0, 0.05) is 0 Å². The second-order valence-electron chi connectivity index (χ2n) is 2.82. The number of aliphatic carboxylic acids is 1. The van der Waals surface area contributed by atoms with Gasteiger partial charge in [-0.25, -0.2) is 4.79 Å². The van der Waals surface area contributed by atoms with E-state index in [1.54, 1.807) is 6.92 Å². The lowest BCUT2D eigenvalue weighted by Gasteiger charge is -2.00. The van der Waals surface area contributed by atoms with Crippen molar-refractivity contribution in [2.24, 2.45) is 0 Å². The first-order chi connectivity index (χ1) is 7.54. The van der Waals surface area contributed by atoms with Crippen LogP contribution in [0.4, 0.5) is 0 Å². The van der Waals surface area contributed by atoms with Crippen LogP contribution in [0.3, 0.4) is 0 Å². The maximum atomic E-state index is 11.2. The molecule has 0 amide bonds. The minimum absolute atomic E-state index is 0.0435. The zero-order valence-corrected chi connectivity index (χ0v) is 9.61. The Bertz CT molecular complexity index is 389. The molecule has 1 unspecified atom stereocenters. The number of hydrogen-bond acceptors (Lipinski definition) is 6. The minimum Gasteiger partial charge on any atom is -0.480 e. The summed E-state index contributed by atoms with van der Waals surface area (Å²) >= 11 is 0.923. The van der Waals surface area contributed by atoms with Crippen LogP contribution in [0.1, 0.15) is 24.3 Å². The standard InChI is InChI=1S/C9H11NO5S/c1-3-14-8(13)6-4-15-9(10-6)16-5(2)7(11)12/h4-5H,3H2,1-2H3,(H,11,12). The highest BCUT2D eigenvalue weighted by molar-refractivity contribution is 8.00. The van der Waals surface area contributed by atoms with Crippen LogP contribution < -0.4 is 0 Å². The van der Waals surface area contributed by atoms with Gasteiger partial charge in [-0.15, -0.1) is 0 Å². The van der Waals surface area contributed by atoms with Crippen LogP contribution in [0.2, 0.25) is 0 Å². The number of ether oxygens (including phenoxy) is 1. The first-order valence-corrected chi connectivity index (χ1v) is 5.44. The van der Waals surface area contributed by atoms with Crippen LogP contribution in [0.15, 0.2) is 15.9 Å². The van der Waals surface area contributed by atoms with Crippen molar-refractivity contribution in [1.82, 2.24) is 4.98 Å². The first-order valence-electron chi connectivity index (χ1n) is 4.56. The predicted octanol–water partition coefficient (Wildman–Crippen LogP) is 1.42. The topological polar surface area (TPSA) is 89.6 Å². The lowest BCUT2D eigenvalue weighted by atomic mass is 10.5. The Morgan fingerprint density at radius 2 is 2.38 bits per heavy atom. The van der Waals surface area contributed by atoms with Gasteiger partial charge in [0.1, 0.15) is 11.5 Å². The van der Waals surface area contributed by atoms with Crippen molar-refractivity contribution < 1.29 is 23.8 Å². The fourth-order valence-corrected chi connectivity index (χ4v) is 1.47. The molecule has 0 radical (unpaired) electrons.